The van der Waals surface area contributed by atoms with Gasteiger partial charge in [0.25, 0.3) is 0 Å². The van der Waals surface area contributed by atoms with Gasteiger partial charge in [0, 0.05) is 17.8 Å². The maximum atomic E-state index is 5.68. The molecule has 1 aliphatic rings. The Hall–Kier alpha value is -1.02. The Morgan fingerprint density at radius 3 is 2.38 bits per heavy atom. The first kappa shape index (κ1) is 8.57. The molecule has 1 aromatic rings. The van der Waals surface area contributed by atoms with Gasteiger partial charge in [0.05, 0.1) is 0 Å². The Kier molecular flexibility index (Phi) is 2.00. The molecule has 0 bridgehead atoms. The van der Waals surface area contributed by atoms with E-state index in [1.807, 2.05) is 0 Å². The third-order valence-electron chi connectivity index (χ3n) is 2.71. The van der Waals surface area contributed by atoms with E-state index in [2.05, 4.69) is 36.5 Å². The maximum Gasteiger partial charge on any atom is 0.0497 e. The van der Waals surface area contributed by atoms with Crippen LogP contribution in [-0.4, -0.2) is 12.1 Å². The zero-order chi connectivity index (χ0) is 9.31. The molecular formula is C11H16N2. The van der Waals surface area contributed by atoms with Crippen LogP contribution in [0.3, 0.4) is 0 Å². The summed E-state index contributed by atoms with van der Waals surface area (Å²) in [5.41, 5.74) is 8.38. The molecule has 2 rings (SSSR count). The van der Waals surface area contributed by atoms with Crippen molar-refractivity contribution in [3.05, 3.63) is 29.8 Å². The number of nitrogens with one attached hydrogen (secondary N) is 1. The molecule has 0 spiro atoms. The molecule has 2 nitrogen and oxygen atoms in total. The van der Waals surface area contributed by atoms with Gasteiger partial charge in [-0.05, 0) is 31.9 Å². The fourth-order valence-electron chi connectivity index (χ4n) is 1.47. The van der Waals surface area contributed by atoms with Crippen LogP contribution in [0.15, 0.2) is 24.3 Å². The predicted octanol–water partition coefficient (Wildman–Crippen LogP) is 1.90. The number of hydrogen-bond acceptors (Lipinski definition) is 2. The predicted molar refractivity (Wildman–Crippen MR) is 55.8 cm³/mol. The maximum absolute atomic E-state index is 5.68. The molecule has 1 saturated carbocycles. The van der Waals surface area contributed by atoms with E-state index in [1.54, 1.807) is 0 Å². The number of hydrogen-bond donors (Lipinski definition) is 2. The molecule has 0 unspecified atom stereocenters. The van der Waals surface area contributed by atoms with Crippen LogP contribution in [0, 0.1) is 6.92 Å². The molecule has 2 heteroatoms. The third kappa shape index (κ3) is 1.83. The Labute approximate surface area is 79.1 Å². The van der Waals surface area contributed by atoms with Crippen LogP contribution in [0.2, 0.25) is 0 Å². The summed E-state index contributed by atoms with van der Waals surface area (Å²) in [5.74, 6) is 0. The van der Waals surface area contributed by atoms with E-state index in [9.17, 15) is 0 Å². The lowest BCUT2D eigenvalue weighted by Gasteiger charge is -2.16. The Morgan fingerprint density at radius 1 is 1.31 bits per heavy atom. The molecule has 13 heavy (non-hydrogen) atoms. The third-order valence-corrected chi connectivity index (χ3v) is 2.71. The van der Waals surface area contributed by atoms with Gasteiger partial charge in [0.1, 0.15) is 0 Å². The molecule has 0 aromatic heterocycles. The highest BCUT2D eigenvalue weighted by molar-refractivity contribution is 5.48. The fraction of sp³-hybridized carbons (Fsp3) is 0.455. The Balaban J connectivity index is 2.06. The van der Waals surface area contributed by atoms with E-state index in [1.165, 1.54) is 24.1 Å². The smallest absolute Gasteiger partial charge is 0.0497 e. The molecule has 0 heterocycles. The summed E-state index contributed by atoms with van der Waals surface area (Å²) in [4.78, 5) is 0. The second kappa shape index (κ2) is 3.04. The zero-order valence-corrected chi connectivity index (χ0v) is 8.01. The topological polar surface area (TPSA) is 38.0 Å². The van der Waals surface area contributed by atoms with Crippen molar-refractivity contribution in [3.8, 4) is 0 Å². The number of rotatable bonds is 3. The molecular weight excluding hydrogens is 160 g/mol. The van der Waals surface area contributed by atoms with Crippen LogP contribution in [0.4, 0.5) is 5.69 Å². The molecule has 1 fully saturated rings. The van der Waals surface area contributed by atoms with Gasteiger partial charge in [0.15, 0.2) is 0 Å². The van der Waals surface area contributed by atoms with Crippen molar-refractivity contribution in [3.63, 3.8) is 0 Å². The summed E-state index contributed by atoms with van der Waals surface area (Å²) in [7, 11) is 0. The Bertz CT molecular complexity index is 285. The van der Waals surface area contributed by atoms with Gasteiger partial charge >= 0.3 is 0 Å². The quantitative estimate of drug-likeness (QED) is 0.738. The average molecular weight is 176 g/mol. The van der Waals surface area contributed by atoms with Gasteiger partial charge in [-0.3, -0.25) is 0 Å². The molecule has 1 aliphatic carbocycles. The van der Waals surface area contributed by atoms with Gasteiger partial charge in [0.2, 0.25) is 0 Å². The highest BCUT2D eigenvalue weighted by Crippen LogP contribution is 2.37. The normalized spacial score (nSPS) is 18.3. The largest absolute Gasteiger partial charge is 0.378 e. The van der Waals surface area contributed by atoms with Crippen molar-refractivity contribution in [1.82, 2.24) is 0 Å². The number of aryl methyl sites for hydroxylation is 1. The van der Waals surface area contributed by atoms with Gasteiger partial charge in [-0.15, -0.1) is 0 Å². The number of anilines is 1. The van der Waals surface area contributed by atoms with Crippen molar-refractivity contribution in [1.29, 1.82) is 0 Å². The minimum Gasteiger partial charge on any atom is -0.378 e. The first-order chi connectivity index (χ1) is 6.24. The zero-order valence-electron chi connectivity index (χ0n) is 8.01. The first-order valence-electron chi connectivity index (χ1n) is 4.79. The SMILES string of the molecule is Cc1ccc(NC2(CN)CC2)cc1. The van der Waals surface area contributed by atoms with E-state index in [0.29, 0.717) is 0 Å². The van der Waals surface area contributed by atoms with Gasteiger partial charge in [-0.25, -0.2) is 0 Å². The lowest BCUT2D eigenvalue weighted by atomic mass is 10.2. The summed E-state index contributed by atoms with van der Waals surface area (Å²) < 4.78 is 0. The van der Waals surface area contributed by atoms with Crippen molar-refractivity contribution in [2.45, 2.75) is 25.3 Å². The fourth-order valence-corrected chi connectivity index (χ4v) is 1.47. The van der Waals surface area contributed by atoms with Gasteiger partial charge in [-0.2, -0.15) is 0 Å². The highest BCUT2D eigenvalue weighted by Gasteiger charge is 2.40. The van der Waals surface area contributed by atoms with E-state index in [-0.39, 0.29) is 5.54 Å². The van der Waals surface area contributed by atoms with Crippen molar-refractivity contribution >= 4 is 5.69 Å². The summed E-state index contributed by atoms with van der Waals surface area (Å²) in [6.45, 7) is 2.83. The Morgan fingerprint density at radius 2 is 1.92 bits per heavy atom. The van der Waals surface area contributed by atoms with Crippen LogP contribution >= 0.6 is 0 Å². The molecule has 0 amide bonds. The van der Waals surface area contributed by atoms with E-state index < -0.39 is 0 Å². The molecule has 0 aliphatic heterocycles. The number of benzene rings is 1. The van der Waals surface area contributed by atoms with Crippen molar-refractivity contribution in [2.75, 3.05) is 11.9 Å². The van der Waals surface area contributed by atoms with Crippen LogP contribution < -0.4 is 11.1 Å². The molecule has 3 N–H and O–H groups in total. The summed E-state index contributed by atoms with van der Waals surface area (Å²) >= 11 is 0. The lowest BCUT2D eigenvalue weighted by molar-refractivity contribution is 0.742. The van der Waals surface area contributed by atoms with E-state index >= 15 is 0 Å². The summed E-state index contributed by atoms with van der Waals surface area (Å²) in [6.07, 6.45) is 2.41. The van der Waals surface area contributed by atoms with E-state index in [4.69, 9.17) is 5.73 Å². The summed E-state index contributed by atoms with van der Waals surface area (Å²) in [6, 6.07) is 8.47. The standard InChI is InChI=1S/C11H16N2/c1-9-2-4-10(5-3-9)13-11(8-12)6-7-11/h2-5,13H,6-8,12H2,1H3. The van der Waals surface area contributed by atoms with Crippen LogP contribution in [0.5, 0.6) is 0 Å². The van der Waals surface area contributed by atoms with Gasteiger partial charge in [-0.1, -0.05) is 17.7 Å². The molecule has 0 radical (unpaired) electrons. The molecule has 0 atom stereocenters. The summed E-state index contributed by atoms with van der Waals surface area (Å²) in [5, 5.41) is 3.48. The second-order valence-electron chi connectivity index (χ2n) is 3.98. The van der Waals surface area contributed by atoms with Crippen molar-refractivity contribution in [2.24, 2.45) is 5.73 Å². The monoisotopic (exact) mass is 176 g/mol. The minimum atomic E-state index is 0.218. The van der Waals surface area contributed by atoms with Gasteiger partial charge < -0.3 is 11.1 Å². The minimum absolute atomic E-state index is 0.218. The number of nitrogens with two attached hydrogens (primary N) is 1. The van der Waals surface area contributed by atoms with Crippen LogP contribution in [0.1, 0.15) is 18.4 Å². The molecule has 0 saturated heterocycles. The van der Waals surface area contributed by atoms with E-state index in [0.717, 1.165) is 6.54 Å². The van der Waals surface area contributed by atoms with Crippen molar-refractivity contribution < 1.29 is 0 Å². The molecule has 1 aromatic carbocycles. The highest BCUT2D eigenvalue weighted by atomic mass is 15.0. The molecule has 70 valence electrons. The first-order valence-corrected chi connectivity index (χ1v) is 4.79. The van der Waals surface area contributed by atoms with Crippen LogP contribution in [0.25, 0.3) is 0 Å². The van der Waals surface area contributed by atoms with Crippen LogP contribution in [-0.2, 0) is 0 Å². The lowest BCUT2D eigenvalue weighted by Crippen LogP contribution is -2.30. The average Bonchev–Trinajstić information content (AvgIpc) is 2.90. The second-order valence-corrected chi connectivity index (χ2v) is 3.98.